The van der Waals surface area contributed by atoms with E-state index in [1.165, 1.54) is 0 Å². The fourth-order valence-electron chi connectivity index (χ4n) is 3.03. The molecular weight excluding hydrogens is 398 g/mol. The molecule has 0 saturated heterocycles. The Morgan fingerprint density at radius 3 is 2.40 bits per heavy atom. The maximum absolute atomic E-state index is 13.0. The quantitative estimate of drug-likeness (QED) is 0.539. The second-order valence-electron chi connectivity index (χ2n) is 6.83. The molecule has 0 spiro atoms. The van der Waals surface area contributed by atoms with Crippen LogP contribution >= 0.6 is 11.6 Å². The molecule has 0 unspecified atom stereocenters. The third-order valence-electron chi connectivity index (χ3n) is 4.65. The van der Waals surface area contributed by atoms with E-state index in [0.29, 0.717) is 28.5 Å². The number of rotatable bonds is 7. The summed E-state index contributed by atoms with van der Waals surface area (Å²) in [5.41, 5.74) is 3.69. The number of carbonyl (C=O) groups is 2. The van der Waals surface area contributed by atoms with Crippen molar-refractivity contribution in [3.05, 3.63) is 88.9 Å². The van der Waals surface area contributed by atoms with Crippen molar-refractivity contribution in [2.75, 3.05) is 28.6 Å². The van der Waals surface area contributed by atoms with Crippen LogP contribution in [0.2, 0.25) is 5.02 Å². The third kappa shape index (κ3) is 5.39. The van der Waals surface area contributed by atoms with E-state index < -0.39 is 0 Å². The topological polar surface area (TPSA) is 61.4 Å². The van der Waals surface area contributed by atoms with Crippen LogP contribution in [0, 0.1) is 6.92 Å². The van der Waals surface area contributed by atoms with Gasteiger partial charge in [-0.3, -0.25) is 9.59 Å². The normalized spacial score (nSPS) is 10.4. The summed E-state index contributed by atoms with van der Waals surface area (Å²) in [7, 11) is 0. The first kappa shape index (κ1) is 21.4. The number of carbonyl (C=O) groups excluding carboxylic acids is 2. The lowest BCUT2D eigenvalue weighted by atomic mass is 10.1. The fourth-order valence-corrected chi connectivity index (χ4v) is 3.21. The molecule has 3 aromatic carbocycles. The van der Waals surface area contributed by atoms with Gasteiger partial charge in [0.25, 0.3) is 5.91 Å². The van der Waals surface area contributed by atoms with Crippen LogP contribution in [0.25, 0.3) is 0 Å². The summed E-state index contributed by atoms with van der Waals surface area (Å²) in [6.45, 7) is 4.47. The van der Waals surface area contributed by atoms with Crippen LogP contribution in [0.3, 0.4) is 0 Å². The molecule has 6 heteroatoms. The second kappa shape index (κ2) is 9.94. The van der Waals surface area contributed by atoms with Crippen molar-refractivity contribution in [1.29, 1.82) is 0 Å². The summed E-state index contributed by atoms with van der Waals surface area (Å²) in [5, 5.41) is 6.47. The van der Waals surface area contributed by atoms with Gasteiger partial charge in [0.15, 0.2) is 0 Å². The zero-order chi connectivity index (χ0) is 21.5. The summed E-state index contributed by atoms with van der Waals surface area (Å²) in [5.74, 6) is -0.294. The molecule has 3 aromatic rings. The van der Waals surface area contributed by atoms with E-state index in [1.54, 1.807) is 35.2 Å². The lowest BCUT2D eigenvalue weighted by molar-refractivity contribution is -0.114. The van der Waals surface area contributed by atoms with Crippen LogP contribution in [-0.4, -0.2) is 24.9 Å². The molecule has 5 nitrogen and oxygen atoms in total. The van der Waals surface area contributed by atoms with E-state index >= 15 is 0 Å². The summed E-state index contributed by atoms with van der Waals surface area (Å²) >= 11 is 6.10. The zero-order valence-corrected chi connectivity index (χ0v) is 17.7. The Kier molecular flexibility index (Phi) is 7.09. The molecule has 0 aliphatic carbocycles. The smallest absolute Gasteiger partial charge is 0.258 e. The molecule has 0 bridgehead atoms. The summed E-state index contributed by atoms with van der Waals surface area (Å²) < 4.78 is 0. The van der Waals surface area contributed by atoms with Gasteiger partial charge in [0.2, 0.25) is 5.91 Å². The molecule has 0 heterocycles. The Morgan fingerprint density at radius 2 is 1.70 bits per heavy atom. The predicted molar refractivity (Wildman–Crippen MR) is 124 cm³/mol. The Bertz CT molecular complexity index is 1040. The molecule has 0 aliphatic heterocycles. The Balaban J connectivity index is 1.64. The van der Waals surface area contributed by atoms with Gasteiger partial charge in [-0.1, -0.05) is 41.9 Å². The first-order chi connectivity index (χ1) is 14.5. The van der Waals surface area contributed by atoms with E-state index in [9.17, 15) is 9.59 Å². The highest BCUT2D eigenvalue weighted by Crippen LogP contribution is 2.21. The van der Waals surface area contributed by atoms with Crippen LogP contribution in [0.1, 0.15) is 22.8 Å². The van der Waals surface area contributed by atoms with Gasteiger partial charge in [-0.2, -0.15) is 0 Å². The minimum atomic E-state index is -0.203. The van der Waals surface area contributed by atoms with E-state index in [0.717, 1.165) is 11.3 Å². The van der Waals surface area contributed by atoms with Crippen molar-refractivity contribution in [3.8, 4) is 0 Å². The molecule has 154 valence electrons. The Labute approximate surface area is 181 Å². The zero-order valence-electron chi connectivity index (χ0n) is 17.0. The van der Waals surface area contributed by atoms with E-state index in [2.05, 4.69) is 10.6 Å². The molecule has 0 fully saturated rings. The molecular formula is C24H24ClN3O2. The summed E-state index contributed by atoms with van der Waals surface area (Å²) in [6, 6.07) is 22.1. The Hall–Kier alpha value is -3.31. The maximum atomic E-state index is 13.0. The van der Waals surface area contributed by atoms with Crippen molar-refractivity contribution in [3.63, 3.8) is 0 Å². The van der Waals surface area contributed by atoms with Crippen LogP contribution < -0.4 is 15.5 Å². The van der Waals surface area contributed by atoms with Crippen LogP contribution in [0.5, 0.6) is 0 Å². The number of benzene rings is 3. The first-order valence-corrected chi connectivity index (χ1v) is 10.1. The highest BCUT2D eigenvalue weighted by molar-refractivity contribution is 6.31. The summed E-state index contributed by atoms with van der Waals surface area (Å²) in [4.78, 5) is 26.9. The van der Waals surface area contributed by atoms with Crippen molar-refractivity contribution in [1.82, 2.24) is 0 Å². The van der Waals surface area contributed by atoms with Gasteiger partial charge in [-0.05, 0) is 61.9 Å². The van der Waals surface area contributed by atoms with Crippen molar-refractivity contribution < 1.29 is 9.59 Å². The van der Waals surface area contributed by atoms with Gasteiger partial charge in [0.1, 0.15) is 0 Å². The largest absolute Gasteiger partial charge is 0.376 e. The number of anilines is 3. The average Bonchev–Trinajstić information content (AvgIpc) is 2.76. The SMILES string of the molecule is CCN(C(=O)c1cccc(NCC(=O)Nc2ccc(C)c(Cl)c2)c1)c1ccccc1. The third-order valence-corrected chi connectivity index (χ3v) is 5.05. The molecule has 0 radical (unpaired) electrons. The molecule has 0 saturated carbocycles. The Morgan fingerprint density at radius 1 is 0.933 bits per heavy atom. The van der Waals surface area contributed by atoms with Crippen molar-refractivity contribution in [2.45, 2.75) is 13.8 Å². The van der Waals surface area contributed by atoms with Gasteiger partial charge in [-0.25, -0.2) is 0 Å². The van der Waals surface area contributed by atoms with Gasteiger partial charge >= 0.3 is 0 Å². The van der Waals surface area contributed by atoms with Crippen molar-refractivity contribution >= 4 is 40.5 Å². The second-order valence-corrected chi connectivity index (χ2v) is 7.24. The summed E-state index contributed by atoms with van der Waals surface area (Å²) in [6.07, 6.45) is 0. The highest BCUT2D eigenvalue weighted by atomic mass is 35.5. The molecule has 2 N–H and O–H groups in total. The molecule has 3 rings (SSSR count). The van der Waals surface area contributed by atoms with Crippen molar-refractivity contribution in [2.24, 2.45) is 0 Å². The number of hydrogen-bond acceptors (Lipinski definition) is 3. The minimum Gasteiger partial charge on any atom is -0.376 e. The van der Waals surface area contributed by atoms with E-state index in [1.807, 2.05) is 56.3 Å². The molecule has 0 aliphatic rings. The number of amides is 2. The number of nitrogens with one attached hydrogen (secondary N) is 2. The number of aryl methyl sites for hydroxylation is 1. The van der Waals surface area contributed by atoms with Crippen LogP contribution in [-0.2, 0) is 4.79 Å². The molecule has 2 amide bonds. The lowest BCUT2D eigenvalue weighted by Gasteiger charge is -2.21. The number of para-hydroxylation sites is 1. The predicted octanol–water partition coefficient (Wildman–Crippen LogP) is 5.37. The monoisotopic (exact) mass is 421 g/mol. The van der Waals surface area contributed by atoms with Gasteiger partial charge < -0.3 is 15.5 Å². The van der Waals surface area contributed by atoms with E-state index in [-0.39, 0.29) is 18.4 Å². The average molecular weight is 422 g/mol. The highest BCUT2D eigenvalue weighted by Gasteiger charge is 2.16. The first-order valence-electron chi connectivity index (χ1n) is 9.74. The van der Waals surface area contributed by atoms with Gasteiger partial charge in [0, 0.05) is 34.2 Å². The van der Waals surface area contributed by atoms with Gasteiger partial charge in [0.05, 0.1) is 6.54 Å². The number of nitrogens with zero attached hydrogens (tertiary/aromatic N) is 1. The number of halogens is 1. The molecule has 30 heavy (non-hydrogen) atoms. The minimum absolute atomic E-state index is 0.0688. The van der Waals surface area contributed by atoms with Crippen LogP contribution in [0.15, 0.2) is 72.8 Å². The van der Waals surface area contributed by atoms with Crippen LogP contribution in [0.4, 0.5) is 17.1 Å². The number of hydrogen-bond donors (Lipinski definition) is 2. The standard InChI is InChI=1S/C24H24ClN3O2/c1-3-28(21-10-5-4-6-11-21)24(30)18-8-7-9-19(14-18)26-16-23(29)27-20-13-12-17(2)22(25)15-20/h4-15,26H,3,16H2,1-2H3,(H,27,29). The molecule has 0 aromatic heterocycles. The van der Waals surface area contributed by atoms with Gasteiger partial charge in [-0.15, -0.1) is 0 Å². The molecule has 0 atom stereocenters. The fraction of sp³-hybridized carbons (Fsp3) is 0.167. The maximum Gasteiger partial charge on any atom is 0.258 e. The van der Waals surface area contributed by atoms with E-state index in [4.69, 9.17) is 11.6 Å². The lowest BCUT2D eigenvalue weighted by Crippen LogP contribution is -2.30.